The number of unbranched alkanes of at least 4 members (excludes halogenated alkanes) is 21. The second-order valence-electron chi connectivity index (χ2n) is 17.7. The first kappa shape index (κ1) is 62.3. The summed E-state index contributed by atoms with van der Waals surface area (Å²) in [6.45, 7) is 6.44. The van der Waals surface area contributed by atoms with Crippen LogP contribution in [0.5, 0.6) is 0 Å². The molecule has 0 fully saturated rings. The van der Waals surface area contributed by atoms with Crippen LogP contribution in [0.3, 0.4) is 0 Å². The number of carbonyl (C=O) groups excluding carboxylic acids is 3. The third-order valence-electron chi connectivity index (χ3n) is 11.3. The average molecular weight is 917 g/mol. The monoisotopic (exact) mass is 917 g/mol. The van der Waals surface area contributed by atoms with Gasteiger partial charge in [0, 0.05) is 19.3 Å². The molecule has 0 heterocycles. The molecule has 0 rings (SSSR count). The van der Waals surface area contributed by atoms with Crippen molar-refractivity contribution < 1.29 is 28.6 Å². The van der Waals surface area contributed by atoms with E-state index in [2.05, 4.69) is 118 Å². The summed E-state index contributed by atoms with van der Waals surface area (Å²) < 4.78 is 16.8. The highest BCUT2D eigenvalue weighted by molar-refractivity contribution is 5.71. The molecule has 1 unspecified atom stereocenters. The molecule has 66 heavy (non-hydrogen) atoms. The molecular weight excluding hydrogens is 817 g/mol. The van der Waals surface area contributed by atoms with Gasteiger partial charge < -0.3 is 14.2 Å². The molecule has 376 valence electrons. The molecule has 1 atom stereocenters. The third kappa shape index (κ3) is 51.3. The Morgan fingerprint density at radius 1 is 0.318 bits per heavy atom. The number of ether oxygens (including phenoxy) is 3. The Labute approximate surface area is 407 Å². The van der Waals surface area contributed by atoms with E-state index in [4.69, 9.17) is 14.2 Å². The summed E-state index contributed by atoms with van der Waals surface area (Å²) in [5.74, 6) is -0.955. The van der Waals surface area contributed by atoms with Crippen molar-refractivity contribution in [1.29, 1.82) is 0 Å². The lowest BCUT2D eigenvalue weighted by Gasteiger charge is -2.18. The van der Waals surface area contributed by atoms with Crippen molar-refractivity contribution in [2.75, 3.05) is 13.2 Å². The van der Waals surface area contributed by atoms with E-state index in [1.165, 1.54) is 70.6 Å². The third-order valence-corrected chi connectivity index (χ3v) is 11.3. The van der Waals surface area contributed by atoms with E-state index in [0.29, 0.717) is 19.3 Å². The van der Waals surface area contributed by atoms with Crippen LogP contribution in [0.25, 0.3) is 0 Å². The smallest absolute Gasteiger partial charge is 0.306 e. The first-order valence-electron chi connectivity index (χ1n) is 27.2. The number of esters is 3. The van der Waals surface area contributed by atoms with Gasteiger partial charge in [-0.2, -0.15) is 0 Å². The van der Waals surface area contributed by atoms with Gasteiger partial charge in [0.05, 0.1) is 0 Å². The first-order chi connectivity index (χ1) is 32.5. The molecule has 0 aliphatic rings. The van der Waals surface area contributed by atoms with Crippen molar-refractivity contribution in [3.05, 3.63) is 97.2 Å². The van der Waals surface area contributed by atoms with Crippen LogP contribution >= 0.6 is 0 Å². The summed E-state index contributed by atoms with van der Waals surface area (Å²) in [5.41, 5.74) is 0. The average Bonchev–Trinajstić information content (AvgIpc) is 3.31. The highest BCUT2D eigenvalue weighted by atomic mass is 16.6. The predicted molar refractivity (Wildman–Crippen MR) is 284 cm³/mol. The second-order valence-corrected chi connectivity index (χ2v) is 17.7. The fraction of sp³-hybridized carbons (Fsp3) is 0.683. The molecule has 6 heteroatoms. The van der Waals surface area contributed by atoms with Crippen LogP contribution < -0.4 is 0 Å². The lowest BCUT2D eigenvalue weighted by atomic mass is 10.1. The molecule has 0 aromatic rings. The summed E-state index contributed by atoms with van der Waals surface area (Å²) in [5, 5.41) is 0. The second kappa shape index (κ2) is 53.9. The van der Waals surface area contributed by atoms with Crippen molar-refractivity contribution in [3.8, 4) is 0 Å². The molecule has 0 saturated carbocycles. The van der Waals surface area contributed by atoms with E-state index in [1.54, 1.807) is 0 Å². The topological polar surface area (TPSA) is 78.9 Å². The van der Waals surface area contributed by atoms with Crippen LogP contribution in [0, 0.1) is 0 Å². The number of carbonyl (C=O) groups is 3. The van der Waals surface area contributed by atoms with Crippen LogP contribution in [0.2, 0.25) is 0 Å². The number of rotatable bonds is 48. The minimum absolute atomic E-state index is 0.0990. The molecule has 0 aromatic carbocycles. The zero-order chi connectivity index (χ0) is 47.9. The van der Waals surface area contributed by atoms with Crippen LogP contribution in [-0.4, -0.2) is 37.2 Å². The fourth-order valence-corrected chi connectivity index (χ4v) is 7.20. The standard InChI is InChI=1S/C60H100O6/c1-4-7-10-13-16-19-22-25-28-29-30-31-33-35-38-41-44-47-50-53-59(62)65-56-57(55-64-58(61)52-49-46-43-40-37-34-27-24-21-18-15-12-9-6-3)66-60(63)54-51-48-45-42-39-36-32-26-23-20-17-14-11-8-5-2/h7,10,16-17,19-20,24-28,30-32,35,38,57H,4-6,8-9,11-15,18,21-23,29,33-34,36-37,39-56H2,1-3H3/b10-7-,19-16-,20-17-,27-24-,28-25-,31-30-,32-26-,38-35-. The zero-order valence-corrected chi connectivity index (χ0v) is 42.9. The molecule has 0 spiro atoms. The van der Waals surface area contributed by atoms with Crippen molar-refractivity contribution in [2.45, 2.75) is 252 Å². The number of allylic oxidation sites excluding steroid dienone is 16. The molecule has 0 radical (unpaired) electrons. The quantitative estimate of drug-likeness (QED) is 0.0262. The van der Waals surface area contributed by atoms with Gasteiger partial charge in [-0.25, -0.2) is 0 Å². The Hall–Kier alpha value is -3.67. The van der Waals surface area contributed by atoms with Crippen molar-refractivity contribution >= 4 is 17.9 Å². The van der Waals surface area contributed by atoms with E-state index in [0.717, 1.165) is 135 Å². The van der Waals surface area contributed by atoms with Crippen molar-refractivity contribution in [3.63, 3.8) is 0 Å². The number of hydrogen-bond acceptors (Lipinski definition) is 6. The summed E-state index contributed by atoms with van der Waals surface area (Å²) in [4.78, 5) is 38.1. The van der Waals surface area contributed by atoms with Gasteiger partial charge in [0.2, 0.25) is 0 Å². The minimum Gasteiger partial charge on any atom is -0.462 e. The lowest BCUT2D eigenvalue weighted by Crippen LogP contribution is -2.30. The van der Waals surface area contributed by atoms with E-state index in [-0.39, 0.29) is 31.1 Å². The molecular formula is C60H100O6. The molecule has 6 nitrogen and oxygen atoms in total. The Balaban J connectivity index is 4.49. The maximum atomic E-state index is 12.8. The van der Waals surface area contributed by atoms with Gasteiger partial charge in [0.25, 0.3) is 0 Å². The summed E-state index contributed by atoms with van der Waals surface area (Å²) in [7, 11) is 0. The van der Waals surface area contributed by atoms with E-state index >= 15 is 0 Å². The summed E-state index contributed by atoms with van der Waals surface area (Å²) >= 11 is 0. The molecule has 0 aromatic heterocycles. The van der Waals surface area contributed by atoms with Crippen LogP contribution in [0.4, 0.5) is 0 Å². The Morgan fingerprint density at radius 3 is 0.985 bits per heavy atom. The largest absolute Gasteiger partial charge is 0.462 e. The fourth-order valence-electron chi connectivity index (χ4n) is 7.20. The summed E-state index contributed by atoms with van der Waals surface area (Å²) in [6.07, 6.45) is 71.0. The van der Waals surface area contributed by atoms with E-state index < -0.39 is 6.10 Å². The van der Waals surface area contributed by atoms with E-state index in [9.17, 15) is 14.4 Å². The van der Waals surface area contributed by atoms with Gasteiger partial charge in [0.15, 0.2) is 6.10 Å². The van der Waals surface area contributed by atoms with Crippen LogP contribution in [-0.2, 0) is 28.6 Å². The highest BCUT2D eigenvalue weighted by Crippen LogP contribution is 2.13. The maximum absolute atomic E-state index is 12.8. The Morgan fingerprint density at radius 2 is 0.591 bits per heavy atom. The van der Waals surface area contributed by atoms with E-state index in [1.807, 2.05) is 0 Å². The lowest BCUT2D eigenvalue weighted by molar-refractivity contribution is -0.167. The van der Waals surface area contributed by atoms with Crippen molar-refractivity contribution in [2.24, 2.45) is 0 Å². The van der Waals surface area contributed by atoms with Crippen molar-refractivity contribution in [1.82, 2.24) is 0 Å². The summed E-state index contributed by atoms with van der Waals surface area (Å²) in [6, 6.07) is 0. The van der Waals surface area contributed by atoms with Crippen LogP contribution in [0.15, 0.2) is 97.2 Å². The predicted octanol–water partition coefficient (Wildman–Crippen LogP) is 18.1. The maximum Gasteiger partial charge on any atom is 0.306 e. The van der Waals surface area contributed by atoms with Gasteiger partial charge in [-0.05, 0) is 122 Å². The SMILES string of the molecule is CC/C=C\C/C=C\C/C=C\C/C=C\C/C=C\CCCCCC(=O)OCC(COC(=O)CCCCCCC/C=C\CCCCCCC)OC(=O)CCCCCCC/C=C\C/C=C\CCCCC. The Kier molecular flexibility index (Phi) is 50.9. The molecule has 0 aliphatic carbocycles. The normalized spacial score (nSPS) is 12.8. The van der Waals surface area contributed by atoms with Gasteiger partial charge >= 0.3 is 17.9 Å². The number of hydrogen-bond donors (Lipinski definition) is 0. The van der Waals surface area contributed by atoms with Gasteiger partial charge in [-0.15, -0.1) is 0 Å². The zero-order valence-electron chi connectivity index (χ0n) is 42.9. The molecule has 0 saturated heterocycles. The van der Waals surface area contributed by atoms with Gasteiger partial charge in [0.1, 0.15) is 13.2 Å². The molecule has 0 aliphatic heterocycles. The Bertz CT molecular complexity index is 1330. The molecule has 0 N–H and O–H groups in total. The molecule has 0 bridgehead atoms. The first-order valence-corrected chi connectivity index (χ1v) is 27.2. The van der Waals surface area contributed by atoms with Gasteiger partial charge in [-0.3, -0.25) is 14.4 Å². The minimum atomic E-state index is -0.803. The van der Waals surface area contributed by atoms with Crippen LogP contribution in [0.1, 0.15) is 245 Å². The highest BCUT2D eigenvalue weighted by Gasteiger charge is 2.19. The van der Waals surface area contributed by atoms with Gasteiger partial charge in [-0.1, -0.05) is 201 Å². The molecule has 0 amide bonds.